The quantitative estimate of drug-likeness (QED) is 0.774. The predicted molar refractivity (Wildman–Crippen MR) is 93.1 cm³/mol. The fraction of sp³-hybridized carbons (Fsp3) is 0.333. The summed E-state index contributed by atoms with van der Waals surface area (Å²) in [6.45, 7) is 9.10. The van der Waals surface area contributed by atoms with Gasteiger partial charge in [-0.2, -0.15) is 0 Å². The van der Waals surface area contributed by atoms with Crippen molar-refractivity contribution in [2.24, 2.45) is 0 Å². The molecule has 0 aliphatic carbocycles. The third-order valence-electron chi connectivity index (χ3n) is 3.20. The van der Waals surface area contributed by atoms with Crippen LogP contribution in [0.3, 0.4) is 0 Å². The van der Waals surface area contributed by atoms with Crippen LogP contribution in [0.2, 0.25) is 0 Å². The third kappa shape index (κ3) is 4.50. The summed E-state index contributed by atoms with van der Waals surface area (Å²) in [5.74, 6) is 0.918. The molecule has 2 rings (SSSR count). The van der Waals surface area contributed by atoms with Crippen LogP contribution in [0.1, 0.15) is 30.5 Å². The van der Waals surface area contributed by atoms with Gasteiger partial charge in [0.1, 0.15) is 5.75 Å². The molecule has 0 aromatic heterocycles. The van der Waals surface area contributed by atoms with Gasteiger partial charge in [0, 0.05) is 11.0 Å². The number of benzene rings is 2. The minimum Gasteiger partial charge on any atom is -0.491 e. The van der Waals surface area contributed by atoms with E-state index < -0.39 is 0 Å². The maximum absolute atomic E-state index is 5.66. The van der Waals surface area contributed by atoms with Gasteiger partial charge in [0.15, 0.2) is 0 Å². The molecule has 2 nitrogen and oxygen atoms in total. The fourth-order valence-electron chi connectivity index (χ4n) is 2.29. The van der Waals surface area contributed by atoms with E-state index in [1.54, 1.807) is 0 Å². The lowest BCUT2D eigenvalue weighted by molar-refractivity contribution is 0.242. The standard InChI is InChI=1S/C18H22BrNO/c1-12(2)21-16-7-5-15(6-8-16)11-20-18-14(4)9-13(3)10-17(18)19/h5-10,12,20H,11H2,1-4H3. The summed E-state index contributed by atoms with van der Waals surface area (Å²) in [4.78, 5) is 0. The van der Waals surface area contributed by atoms with Crippen molar-refractivity contribution in [2.75, 3.05) is 5.32 Å². The van der Waals surface area contributed by atoms with Crippen LogP contribution in [0.4, 0.5) is 5.69 Å². The van der Waals surface area contributed by atoms with Gasteiger partial charge in [0.2, 0.25) is 0 Å². The van der Waals surface area contributed by atoms with E-state index in [0.717, 1.165) is 22.5 Å². The number of hydrogen-bond acceptors (Lipinski definition) is 2. The highest BCUT2D eigenvalue weighted by atomic mass is 79.9. The number of hydrogen-bond donors (Lipinski definition) is 1. The molecule has 0 heterocycles. The Balaban J connectivity index is 2.03. The molecule has 0 spiro atoms. The van der Waals surface area contributed by atoms with Gasteiger partial charge in [-0.1, -0.05) is 18.2 Å². The average Bonchev–Trinajstić information content (AvgIpc) is 2.38. The Labute approximate surface area is 135 Å². The molecule has 3 heteroatoms. The second-order valence-electron chi connectivity index (χ2n) is 5.60. The molecule has 0 atom stereocenters. The lowest BCUT2D eigenvalue weighted by atomic mass is 10.1. The van der Waals surface area contributed by atoms with Crippen LogP contribution in [0.5, 0.6) is 5.75 Å². The monoisotopic (exact) mass is 347 g/mol. The normalized spacial score (nSPS) is 10.8. The average molecular weight is 348 g/mol. The van der Waals surface area contributed by atoms with Crippen molar-refractivity contribution in [2.45, 2.75) is 40.3 Å². The Morgan fingerprint density at radius 1 is 1.10 bits per heavy atom. The van der Waals surface area contributed by atoms with E-state index in [9.17, 15) is 0 Å². The minimum absolute atomic E-state index is 0.208. The first-order valence-corrected chi connectivity index (χ1v) is 8.01. The Bertz CT molecular complexity index is 582. The molecule has 0 bridgehead atoms. The molecule has 1 N–H and O–H groups in total. The summed E-state index contributed by atoms with van der Waals surface area (Å²) < 4.78 is 6.77. The van der Waals surface area contributed by atoms with Crippen molar-refractivity contribution >= 4 is 21.6 Å². The Hall–Kier alpha value is -1.48. The van der Waals surface area contributed by atoms with Crippen LogP contribution in [-0.4, -0.2) is 6.10 Å². The zero-order valence-electron chi connectivity index (χ0n) is 13.0. The van der Waals surface area contributed by atoms with Gasteiger partial charge in [0.05, 0.1) is 11.8 Å². The molecule has 0 unspecified atom stereocenters. The molecule has 21 heavy (non-hydrogen) atoms. The van der Waals surface area contributed by atoms with Crippen LogP contribution >= 0.6 is 15.9 Å². The van der Waals surface area contributed by atoms with Crippen molar-refractivity contribution in [1.82, 2.24) is 0 Å². The molecular weight excluding hydrogens is 326 g/mol. The Morgan fingerprint density at radius 2 is 1.76 bits per heavy atom. The molecule has 0 aliphatic rings. The van der Waals surface area contributed by atoms with Crippen molar-refractivity contribution in [3.8, 4) is 5.75 Å². The largest absolute Gasteiger partial charge is 0.491 e. The first kappa shape index (κ1) is 15.9. The van der Waals surface area contributed by atoms with Crippen molar-refractivity contribution in [3.05, 3.63) is 57.6 Å². The summed E-state index contributed by atoms with van der Waals surface area (Å²) in [7, 11) is 0. The van der Waals surface area contributed by atoms with Gasteiger partial charge in [-0.05, 0) is 78.5 Å². The first-order valence-electron chi connectivity index (χ1n) is 7.22. The van der Waals surface area contributed by atoms with Crippen LogP contribution in [-0.2, 0) is 6.54 Å². The molecule has 0 saturated heterocycles. The van der Waals surface area contributed by atoms with E-state index in [-0.39, 0.29) is 6.10 Å². The summed E-state index contributed by atoms with van der Waals surface area (Å²) in [6, 6.07) is 12.6. The van der Waals surface area contributed by atoms with Crippen LogP contribution in [0.15, 0.2) is 40.9 Å². The second kappa shape index (κ2) is 6.99. The predicted octanol–water partition coefficient (Wildman–Crippen LogP) is 5.47. The van der Waals surface area contributed by atoms with Gasteiger partial charge in [-0.25, -0.2) is 0 Å². The summed E-state index contributed by atoms with van der Waals surface area (Å²) in [5, 5.41) is 3.50. The van der Waals surface area contributed by atoms with Gasteiger partial charge in [-0.15, -0.1) is 0 Å². The molecule has 0 amide bonds. The van der Waals surface area contributed by atoms with E-state index in [1.807, 2.05) is 26.0 Å². The van der Waals surface area contributed by atoms with Gasteiger partial charge in [0.25, 0.3) is 0 Å². The molecular formula is C18H22BrNO. The second-order valence-corrected chi connectivity index (χ2v) is 6.46. The first-order chi connectivity index (χ1) is 9.95. The molecule has 0 saturated carbocycles. The summed E-state index contributed by atoms with van der Waals surface area (Å²) in [6.07, 6.45) is 0.208. The zero-order chi connectivity index (χ0) is 15.4. The fourth-order valence-corrected chi connectivity index (χ4v) is 3.10. The lowest BCUT2D eigenvalue weighted by Crippen LogP contribution is -2.06. The minimum atomic E-state index is 0.208. The van der Waals surface area contributed by atoms with Crippen molar-refractivity contribution in [3.63, 3.8) is 0 Å². The molecule has 2 aromatic rings. The van der Waals surface area contributed by atoms with Gasteiger partial charge >= 0.3 is 0 Å². The van der Waals surface area contributed by atoms with E-state index in [2.05, 4.69) is 59.4 Å². The highest BCUT2D eigenvalue weighted by molar-refractivity contribution is 9.10. The van der Waals surface area contributed by atoms with Crippen molar-refractivity contribution in [1.29, 1.82) is 0 Å². The maximum atomic E-state index is 5.66. The topological polar surface area (TPSA) is 21.3 Å². The highest BCUT2D eigenvalue weighted by Crippen LogP contribution is 2.28. The SMILES string of the molecule is Cc1cc(C)c(NCc2ccc(OC(C)C)cc2)c(Br)c1. The zero-order valence-corrected chi connectivity index (χ0v) is 14.6. The lowest BCUT2D eigenvalue weighted by Gasteiger charge is -2.14. The number of anilines is 1. The van der Waals surface area contributed by atoms with Crippen LogP contribution in [0, 0.1) is 13.8 Å². The Morgan fingerprint density at radius 3 is 2.33 bits per heavy atom. The van der Waals surface area contributed by atoms with Crippen LogP contribution < -0.4 is 10.1 Å². The van der Waals surface area contributed by atoms with E-state index in [4.69, 9.17) is 4.74 Å². The summed E-state index contributed by atoms with van der Waals surface area (Å²) in [5.41, 5.74) is 4.91. The highest BCUT2D eigenvalue weighted by Gasteiger charge is 2.05. The molecule has 0 aliphatic heterocycles. The molecule has 112 valence electrons. The van der Waals surface area contributed by atoms with E-state index >= 15 is 0 Å². The van der Waals surface area contributed by atoms with Crippen molar-refractivity contribution < 1.29 is 4.74 Å². The molecule has 2 aromatic carbocycles. The maximum Gasteiger partial charge on any atom is 0.119 e. The number of aryl methyl sites for hydroxylation is 2. The number of nitrogens with one attached hydrogen (secondary N) is 1. The number of halogens is 1. The van der Waals surface area contributed by atoms with Crippen LogP contribution in [0.25, 0.3) is 0 Å². The number of rotatable bonds is 5. The van der Waals surface area contributed by atoms with Gasteiger partial charge < -0.3 is 10.1 Å². The Kier molecular flexibility index (Phi) is 5.29. The molecule has 0 fully saturated rings. The smallest absolute Gasteiger partial charge is 0.119 e. The van der Waals surface area contributed by atoms with Gasteiger partial charge in [-0.3, -0.25) is 0 Å². The number of ether oxygens (including phenoxy) is 1. The summed E-state index contributed by atoms with van der Waals surface area (Å²) >= 11 is 3.63. The third-order valence-corrected chi connectivity index (χ3v) is 3.82. The van der Waals surface area contributed by atoms with E-state index in [1.165, 1.54) is 16.7 Å². The van der Waals surface area contributed by atoms with E-state index in [0.29, 0.717) is 0 Å². The molecule has 0 radical (unpaired) electrons.